The summed E-state index contributed by atoms with van der Waals surface area (Å²) in [5.41, 5.74) is 5.70. The quantitative estimate of drug-likeness (QED) is 0.391. The first-order chi connectivity index (χ1) is 15.6. The summed E-state index contributed by atoms with van der Waals surface area (Å²) in [7, 11) is 2.09. The highest BCUT2D eigenvalue weighted by atomic mass is 16.4. The third kappa shape index (κ3) is 3.73. The molecule has 5 heteroatoms. The smallest absolute Gasteiger partial charge is 0.336 e. The van der Waals surface area contributed by atoms with Crippen molar-refractivity contribution in [2.75, 3.05) is 0 Å². The molecule has 2 aromatic heterocycles. The van der Waals surface area contributed by atoms with Gasteiger partial charge in [0.2, 0.25) is 0 Å². The molecule has 33 heavy (non-hydrogen) atoms. The molecule has 0 unspecified atom stereocenters. The van der Waals surface area contributed by atoms with Gasteiger partial charge in [0.1, 0.15) is 5.82 Å². The zero-order valence-electron chi connectivity index (χ0n) is 20.2. The van der Waals surface area contributed by atoms with Gasteiger partial charge >= 0.3 is 5.97 Å². The number of carboxylic acids is 1. The van der Waals surface area contributed by atoms with Gasteiger partial charge in [-0.3, -0.25) is 0 Å². The minimum atomic E-state index is -0.896. The average molecular weight is 444 g/mol. The second kappa shape index (κ2) is 7.75. The molecule has 5 rings (SSSR count). The van der Waals surface area contributed by atoms with E-state index in [2.05, 4.69) is 67.4 Å². The molecule has 4 aromatic rings. The summed E-state index contributed by atoms with van der Waals surface area (Å²) in [6.45, 7) is 8.98. The number of aryl methyl sites for hydroxylation is 2. The van der Waals surface area contributed by atoms with E-state index < -0.39 is 5.97 Å². The Morgan fingerprint density at radius 3 is 2.64 bits per heavy atom. The second-order valence-corrected chi connectivity index (χ2v) is 10.8. The van der Waals surface area contributed by atoms with Crippen LogP contribution in [0.25, 0.3) is 21.9 Å². The summed E-state index contributed by atoms with van der Waals surface area (Å²) in [5.74, 6) is 0.773. The molecule has 2 aromatic carbocycles. The molecule has 5 nitrogen and oxygen atoms in total. The Kier molecular flexibility index (Phi) is 5.11. The van der Waals surface area contributed by atoms with Gasteiger partial charge in [0.15, 0.2) is 0 Å². The fourth-order valence-electron chi connectivity index (χ4n) is 6.34. The molecule has 1 aliphatic carbocycles. The minimum Gasteiger partial charge on any atom is -0.478 e. The monoisotopic (exact) mass is 443 g/mol. The van der Waals surface area contributed by atoms with Crippen LogP contribution in [0.1, 0.15) is 73.4 Å². The number of carboxylic acid groups (broad SMARTS) is 1. The molecule has 1 aliphatic rings. The highest BCUT2D eigenvalue weighted by Crippen LogP contribution is 2.45. The Labute approximate surface area is 195 Å². The summed E-state index contributed by atoms with van der Waals surface area (Å²) in [4.78, 5) is 16.9. The molecular weight excluding hydrogens is 410 g/mol. The largest absolute Gasteiger partial charge is 0.478 e. The van der Waals surface area contributed by atoms with Gasteiger partial charge in [-0.15, -0.1) is 0 Å². The average Bonchev–Trinajstić information content (AvgIpc) is 3.25. The number of imidazole rings is 1. The van der Waals surface area contributed by atoms with E-state index in [9.17, 15) is 9.90 Å². The van der Waals surface area contributed by atoms with Crippen molar-refractivity contribution < 1.29 is 9.90 Å². The van der Waals surface area contributed by atoms with E-state index in [1.807, 2.05) is 13.0 Å². The van der Waals surface area contributed by atoms with Crippen molar-refractivity contribution in [2.24, 2.45) is 18.4 Å². The van der Waals surface area contributed by atoms with Crippen LogP contribution in [0.5, 0.6) is 0 Å². The fourth-order valence-corrected chi connectivity index (χ4v) is 6.34. The van der Waals surface area contributed by atoms with E-state index in [-0.39, 0.29) is 5.41 Å². The molecule has 172 valence electrons. The first kappa shape index (κ1) is 21.7. The van der Waals surface area contributed by atoms with Crippen LogP contribution in [0.2, 0.25) is 0 Å². The van der Waals surface area contributed by atoms with E-state index >= 15 is 0 Å². The lowest BCUT2D eigenvalue weighted by molar-refractivity contribution is 0.0696. The Balaban J connectivity index is 1.70. The third-order valence-corrected chi connectivity index (χ3v) is 7.48. The summed E-state index contributed by atoms with van der Waals surface area (Å²) in [6, 6.07) is 12.6. The lowest BCUT2D eigenvalue weighted by Gasteiger charge is -2.40. The Hall–Kier alpha value is -3.08. The first-order valence-corrected chi connectivity index (χ1v) is 11.9. The summed E-state index contributed by atoms with van der Waals surface area (Å²) in [6.07, 6.45) is 6.39. The van der Waals surface area contributed by atoms with E-state index in [1.54, 1.807) is 6.07 Å². The third-order valence-electron chi connectivity index (χ3n) is 7.48. The van der Waals surface area contributed by atoms with Crippen molar-refractivity contribution in [1.29, 1.82) is 0 Å². The van der Waals surface area contributed by atoms with Gasteiger partial charge in [-0.1, -0.05) is 39.0 Å². The molecule has 0 spiro atoms. The van der Waals surface area contributed by atoms with Crippen molar-refractivity contribution in [3.05, 3.63) is 65.1 Å². The van der Waals surface area contributed by atoms with Gasteiger partial charge in [0.05, 0.1) is 16.6 Å². The van der Waals surface area contributed by atoms with Crippen LogP contribution in [0.15, 0.2) is 42.6 Å². The first-order valence-electron chi connectivity index (χ1n) is 11.9. The van der Waals surface area contributed by atoms with Crippen LogP contribution < -0.4 is 0 Å². The number of benzene rings is 2. The SMILES string of the molecule is Cc1c(C(=O)O)ccc2c1nc(Cc1cn(C)c3ccccc13)n2[C@H]1C[C@@H](C)CC(C)(C)C1. The molecule has 1 fully saturated rings. The normalized spacial score (nSPS) is 20.5. The second-order valence-electron chi connectivity index (χ2n) is 10.8. The molecule has 0 bridgehead atoms. The molecule has 0 radical (unpaired) electrons. The lowest BCUT2D eigenvalue weighted by atomic mass is 9.70. The minimum absolute atomic E-state index is 0.270. The van der Waals surface area contributed by atoms with Crippen LogP contribution >= 0.6 is 0 Å². The van der Waals surface area contributed by atoms with E-state index in [0.29, 0.717) is 17.5 Å². The number of hydrogen-bond donors (Lipinski definition) is 1. The summed E-state index contributed by atoms with van der Waals surface area (Å²) in [5, 5.41) is 10.9. The van der Waals surface area contributed by atoms with Gasteiger partial charge in [-0.2, -0.15) is 0 Å². The van der Waals surface area contributed by atoms with Gasteiger partial charge in [-0.25, -0.2) is 9.78 Å². The zero-order chi connectivity index (χ0) is 23.5. The van der Waals surface area contributed by atoms with Crippen LogP contribution in [0.4, 0.5) is 0 Å². The van der Waals surface area contributed by atoms with E-state index in [0.717, 1.165) is 41.7 Å². The predicted octanol–water partition coefficient (Wildman–Crippen LogP) is 6.51. The number of nitrogens with zero attached hydrogens (tertiary/aromatic N) is 3. The highest BCUT2D eigenvalue weighted by molar-refractivity contribution is 5.95. The van der Waals surface area contributed by atoms with Crippen LogP contribution in [-0.2, 0) is 13.5 Å². The zero-order valence-corrected chi connectivity index (χ0v) is 20.2. The van der Waals surface area contributed by atoms with E-state index in [1.165, 1.54) is 22.9 Å². The van der Waals surface area contributed by atoms with Crippen molar-refractivity contribution in [3.63, 3.8) is 0 Å². The summed E-state index contributed by atoms with van der Waals surface area (Å²) >= 11 is 0. The molecule has 2 atom stereocenters. The summed E-state index contributed by atoms with van der Waals surface area (Å²) < 4.78 is 4.62. The van der Waals surface area contributed by atoms with Gasteiger partial charge in [0.25, 0.3) is 0 Å². The Morgan fingerprint density at radius 2 is 1.91 bits per heavy atom. The number of aromatic nitrogens is 3. The van der Waals surface area contributed by atoms with E-state index in [4.69, 9.17) is 4.98 Å². The molecule has 0 saturated heterocycles. The molecule has 0 aliphatic heterocycles. The van der Waals surface area contributed by atoms with Crippen molar-refractivity contribution in [2.45, 2.75) is 59.4 Å². The number of para-hydroxylation sites is 1. The van der Waals surface area contributed by atoms with Gasteiger partial charge < -0.3 is 14.2 Å². The molecule has 1 N–H and O–H groups in total. The van der Waals surface area contributed by atoms with Crippen molar-refractivity contribution >= 4 is 27.9 Å². The number of rotatable bonds is 4. The molecule has 2 heterocycles. The maximum Gasteiger partial charge on any atom is 0.336 e. The van der Waals surface area contributed by atoms with Crippen LogP contribution in [-0.4, -0.2) is 25.2 Å². The highest BCUT2D eigenvalue weighted by Gasteiger charge is 2.35. The van der Waals surface area contributed by atoms with Crippen LogP contribution in [0.3, 0.4) is 0 Å². The molecule has 1 saturated carbocycles. The maximum atomic E-state index is 11.8. The van der Waals surface area contributed by atoms with Gasteiger partial charge in [-0.05, 0) is 66.8 Å². The lowest BCUT2D eigenvalue weighted by Crippen LogP contribution is -2.30. The standard InChI is InChI=1S/C28H33N3O2/c1-17-12-20(15-28(3,4)14-17)31-24-11-10-21(27(32)33)18(2)26(24)29-25(31)13-19-16-30(5)23-9-7-6-8-22(19)23/h6-11,16-17,20H,12-15H2,1-5H3,(H,32,33)/t17-,20+/m1/s1. The van der Waals surface area contributed by atoms with Crippen molar-refractivity contribution in [3.8, 4) is 0 Å². The number of carbonyl (C=O) groups is 1. The Morgan fingerprint density at radius 1 is 1.15 bits per heavy atom. The maximum absolute atomic E-state index is 11.8. The molecular formula is C28H33N3O2. The van der Waals surface area contributed by atoms with Gasteiger partial charge in [0, 0.05) is 36.6 Å². The Bertz CT molecular complexity index is 1380. The number of hydrogen-bond acceptors (Lipinski definition) is 2. The number of fused-ring (bicyclic) bond motifs is 2. The molecule has 0 amide bonds. The topological polar surface area (TPSA) is 60.0 Å². The fraction of sp³-hybridized carbons (Fsp3) is 0.429. The van der Waals surface area contributed by atoms with Crippen molar-refractivity contribution in [1.82, 2.24) is 14.1 Å². The predicted molar refractivity (Wildman–Crippen MR) is 133 cm³/mol. The number of aromatic carboxylic acids is 1. The van der Waals surface area contributed by atoms with Crippen LogP contribution in [0, 0.1) is 18.3 Å².